The van der Waals surface area contributed by atoms with E-state index in [0.29, 0.717) is 31.1 Å². The van der Waals surface area contributed by atoms with Crippen molar-refractivity contribution in [1.29, 1.82) is 0 Å². The van der Waals surface area contributed by atoms with Gasteiger partial charge in [0.15, 0.2) is 0 Å². The highest BCUT2D eigenvalue weighted by molar-refractivity contribution is 6.39. The second-order valence-electron chi connectivity index (χ2n) is 7.52. The van der Waals surface area contributed by atoms with Crippen molar-refractivity contribution in [2.75, 3.05) is 37.5 Å². The summed E-state index contributed by atoms with van der Waals surface area (Å²) in [7, 11) is 1.62. The number of amides is 3. The summed E-state index contributed by atoms with van der Waals surface area (Å²) < 4.78 is 10.8. The molecule has 8 heteroatoms. The number of nitrogens with one attached hydrogen (secondary N) is 3. The number of hydrogen-bond acceptors (Lipinski definition) is 5. The van der Waals surface area contributed by atoms with Crippen LogP contribution in [-0.2, 0) is 24.5 Å². The molecule has 1 saturated heterocycles. The molecule has 2 aromatic carbocycles. The van der Waals surface area contributed by atoms with Crippen LogP contribution in [0.4, 0.5) is 11.4 Å². The SMILES string of the molecule is COc1ccc(C2(CNC(=O)C(=O)Nc3cccc(NC(C)=O)c3)CCOCC2)cc1. The highest BCUT2D eigenvalue weighted by atomic mass is 16.5. The van der Waals surface area contributed by atoms with Crippen molar-refractivity contribution in [2.45, 2.75) is 25.2 Å². The molecule has 164 valence electrons. The number of carbonyl (C=O) groups excluding carboxylic acids is 3. The molecule has 0 unspecified atom stereocenters. The summed E-state index contributed by atoms with van der Waals surface area (Å²) in [4.78, 5) is 36.1. The third kappa shape index (κ3) is 5.82. The molecule has 3 rings (SSSR count). The number of anilines is 2. The van der Waals surface area contributed by atoms with Gasteiger partial charge >= 0.3 is 11.8 Å². The van der Waals surface area contributed by atoms with Gasteiger partial charge in [-0.05, 0) is 48.7 Å². The van der Waals surface area contributed by atoms with Crippen LogP contribution in [0.2, 0.25) is 0 Å². The van der Waals surface area contributed by atoms with E-state index in [1.54, 1.807) is 31.4 Å². The lowest BCUT2D eigenvalue weighted by Crippen LogP contribution is -2.47. The van der Waals surface area contributed by atoms with Gasteiger partial charge in [-0.15, -0.1) is 0 Å². The van der Waals surface area contributed by atoms with E-state index >= 15 is 0 Å². The first-order valence-corrected chi connectivity index (χ1v) is 10.1. The number of benzene rings is 2. The summed E-state index contributed by atoms with van der Waals surface area (Å²) in [6.45, 7) is 2.89. The fraction of sp³-hybridized carbons (Fsp3) is 0.348. The molecule has 0 aliphatic carbocycles. The summed E-state index contributed by atoms with van der Waals surface area (Å²) in [5, 5.41) is 7.98. The number of hydrogen-bond donors (Lipinski definition) is 3. The normalized spacial score (nSPS) is 14.9. The molecule has 1 aliphatic heterocycles. The van der Waals surface area contributed by atoms with Crippen LogP contribution in [0.25, 0.3) is 0 Å². The van der Waals surface area contributed by atoms with Gasteiger partial charge in [0.1, 0.15) is 5.75 Å². The van der Waals surface area contributed by atoms with Crippen molar-refractivity contribution >= 4 is 29.1 Å². The topological polar surface area (TPSA) is 106 Å². The zero-order valence-electron chi connectivity index (χ0n) is 17.7. The number of methoxy groups -OCH3 is 1. The Morgan fingerprint density at radius 3 is 2.23 bits per heavy atom. The van der Waals surface area contributed by atoms with Crippen molar-refractivity contribution in [1.82, 2.24) is 5.32 Å². The van der Waals surface area contributed by atoms with Crippen LogP contribution in [0.5, 0.6) is 5.75 Å². The highest BCUT2D eigenvalue weighted by Gasteiger charge is 2.35. The minimum atomic E-state index is -0.767. The highest BCUT2D eigenvalue weighted by Crippen LogP contribution is 2.35. The Morgan fingerprint density at radius 1 is 0.968 bits per heavy atom. The van der Waals surface area contributed by atoms with Gasteiger partial charge in [-0.2, -0.15) is 0 Å². The third-order valence-corrected chi connectivity index (χ3v) is 5.39. The summed E-state index contributed by atoms with van der Waals surface area (Å²) in [5.41, 5.74) is 1.71. The molecule has 3 amide bonds. The fourth-order valence-corrected chi connectivity index (χ4v) is 3.67. The average Bonchev–Trinajstić information content (AvgIpc) is 2.78. The summed E-state index contributed by atoms with van der Waals surface area (Å²) in [6.07, 6.45) is 1.47. The monoisotopic (exact) mass is 425 g/mol. The summed E-state index contributed by atoms with van der Waals surface area (Å²) in [6, 6.07) is 14.4. The summed E-state index contributed by atoms with van der Waals surface area (Å²) in [5.74, 6) is -0.946. The van der Waals surface area contributed by atoms with Crippen LogP contribution in [0, 0.1) is 0 Å². The predicted molar refractivity (Wildman–Crippen MR) is 117 cm³/mol. The Balaban J connectivity index is 1.65. The quantitative estimate of drug-likeness (QED) is 0.617. The van der Waals surface area contributed by atoms with Crippen molar-refractivity contribution in [3.8, 4) is 5.75 Å². The van der Waals surface area contributed by atoms with Crippen molar-refractivity contribution < 1.29 is 23.9 Å². The van der Waals surface area contributed by atoms with Crippen LogP contribution in [0.3, 0.4) is 0 Å². The van der Waals surface area contributed by atoms with E-state index in [1.807, 2.05) is 24.3 Å². The first-order chi connectivity index (χ1) is 14.9. The fourth-order valence-electron chi connectivity index (χ4n) is 3.67. The first-order valence-electron chi connectivity index (χ1n) is 10.1. The van der Waals surface area contributed by atoms with Gasteiger partial charge < -0.3 is 25.4 Å². The third-order valence-electron chi connectivity index (χ3n) is 5.39. The van der Waals surface area contributed by atoms with E-state index in [4.69, 9.17) is 9.47 Å². The molecule has 0 atom stereocenters. The molecular formula is C23H27N3O5. The number of rotatable bonds is 6. The van der Waals surface area contributed by atoms with Gasteiger partial charge in [0.05, 0.1) is 7.11 Å². The maximum atomic E-state index is 12.5. The number of ether oxygens (including phenoxy) is 2. The Morgan fingerprint density at radius 2 is 1.61 bits per heavy atom. The molecule has 31 heavy (non-hydrogen) atoms. The maximum absolute atomic E-state index is 12.5. The molecular weight excluding hydrogens is 398 g/mol. The second kappa shape index (κ2) is 10.1. The Labute approximate surface area is 181 Å². The van der Waals surface area contributed by atoms with Gasteiger partial charge in [-0.25, -0.2) is 0 Å². The van der Waals surface area contributed by atoms with Crippen LogP contribution in [-0.4, -0.2) is 44.6 Å². The van der Waals surface area contributed by atoms with Crippen LogP contribution in [0.1, 0.15) is 25.3 Å². The zero-order valence-corrected chi connectivity index (χ0v) is 17.7. The smallest absolute Gasteiger partial charge is 0.313 e. The van der Waals surface area contributed by atoms with E-state index < -0.39 is 11.8 Å². The van der Waals surface area contributed by atoms with E-state index in [1.165, 1.54) is 6.92 Å². The van der Waals surface area contributed by atoms with E-state index in [-0.39, 0.29) is 11.3 Å². The molecule has 8 nitrogen and oxygen atoms in total. The van der Waals surface area contributed by atoms with Gasteiger partial charge in [-0.1, -0.05) is 18.2 Å². The van der Waals surface area contributed by atoms with Gasteiger partial charge in [0.2, 0.25) is 5.91 Å². The minimum absolute atomic E-state index is 0.221. The predicted octanol–water partition coefficient (Wildman–Crippen LogP) is 2.46. The maximum Gasteiger partial charge on any atom is 0.313 e. The van der Waals surface area contributed by atoms with Crippen LogP contribution in [0.15, 0.2) is 48.5 Å². The lowest BCUT2D eigenvalue weighted by Gasteiger charge is -2.38. The lowest BCUT2D eigenvalue weighted by atomic mass is 9.74. The van der Waals surface area contributed by atoms with Gasteiger partial charge in [0, 0.05) is 43.5 Å². The molecule has 1 fully saturated rings. The Hall–Kier alpha value is -3.39. The van der Waals surface area contributed by atoms with E-state index in [2.05, 4.69) is 16.0 Å². The molecule has 0 saturated carbocycles. The largest absolute Gasteiger partial charge is 0.497 e. The molecule has 0 aromatic heterocycles. The van der Waals surface area contributed by atoms with Crippen molar-refractivity contribution in [3.63, 3.8) is 0 Å². The second-order valence-corrected chi connectivity index (χ2v) is 7.52. The van der Waals surface area contributed by atoms with Crippen LogP contribution >= 0.6 is 0 Å². The lowest BCUT2D eigenvalue weighted by molar-refractivity contribution is -0.136. The van der Waals surface area contributed by atoms with Crippen molar-refractivity contribution in [2.24, 2.45) is 0 Å². The Bertz CT molecular complexity index is 936. The van der Waals surface area contributed by atoms with E-state index in [0.717, 1.165) is 24.2 Å². The molecule has 1 heterocycles. The molecule has 1 aliphatic rings. The standard InChI is InChI=1S/C23H27N3O5/c1-16(27)25-18-4-3-5-19(14-18)26-22(29)21(28)24-15-23(10-12-31-13-11-23)17-6-8-20(30-2)9-7-17/h3-9,14H,10-13,15H2,1-2H3,(H,24,28)(H,25,27)(H,26,29). The van der Waals surface area contributed by atoms with Gasteiger partial charge in [0.25, 0.3) is 0 Å². The van der Waals surface area contributed by atoms with Gasteiger partial charge in [-0.3, -0.25) is 14.4 Å². The molecule has 0 spiro atoms. The first kappa shape index (κ1) is 22.3. The average molecular weight is 425 g/mol. The number of carbonyl (C=O) groups is 3. The molecule has 0 radical (unpaired) electrons. The zero-order chi connectivity index (χ0) is 22.3. The van der Waals surface area contributed by atoms with Crippen LogP contribution < -0.4 is 20.7 Å². The van der Waals surface area contributed by atoms with E-state index in [9.17, 15) is 14.4 Å². The molecule has 0 bridgehead atoms. The Kier molecular flexibility index (Phi) is 7.25. The summed E-state index contributed by atoms with van der Waals surface area (Å²) >= 11 is 0. The minimum Gasteiger partial charge on any atom is -0.497 e. The molecule has 2 aromatic rings. The van der Waals surface area contributed by atoms with Crippen molar-refractivity contribution in [3.05, 3.63) is 54.1 Å². The molecule has 3 N–H and O–H groups in total.